The topological polar surface area (TPSA) is 75.7 Å². The Labute approximate surface area is 158 Å². The minimum atomic E-state index is -3.83. The van der Waals surface area contributed by atoms with E-state index in [1.165, 1.54) is 24.3 Å². The van der Waals surface area contributed by atoms with Gasteiger partial charge in [-0.25, -0.2) is 12.8 Å². The third-order valence-corrected chi connectivity index (χ3v) is 5.80. The van der Waals surface area contributed by atoms with Gasteiger partial charge in [-0.05, 0) is 62.4 Å². The number of morpholine rings is 1. The van der Waals surface area contributed by atoms with Crippen LogP contribution in [0.15, 0.2) is 53.4 Å². The number of sulfonamides is 1. The summed E-state index contributed by atoms with van der Waals surface area (Å²) in [5.74, 6) is -0.640. The van der Waals surface area contributed by atoms with Crippen molar-refractivity contribution in [1.82, 2.24) is 4.90 Å². The fourth-order valence-corrected chi connectivity index (χ4v) is 3.96. The molecule has 1 aliphatic rings. The maximum absolute atomic E-state index is 13.0. The maximum Gasteiger partial charge on any atom is 0.261 e. The van der Waals surface area contributed by atoms with Crippen LogP contribution in [-0.2, 0) is 14.8 Å². The quantitative estimate of drug-likeness (QED) is 0.868. The maximum atomic E-state index is 13.0. The first-order valence-corrected chi connectivity index (χ1v) is 9.95. The Morgan fingerprint density at radius 3 is 2.33 bits per heavy atom. The van der Waals surface area contributed by atoms with Gasteiger partial charge in [-0.1, -0.05) is 0 Å². The summed E-state index contributed by atoms with van der Waals surface area (Å²) in [4.78, 5) is 14.5. The number of hydrogen-bond acceptors (Lipinski definition) is 4. The second kappa shape index (κ2) is 7.28. The van der Waals surface area contributed by atoms with Crippen molar-refractivity contribution in [2.75, 3.05) is 24.5 Å². The van der Waals surface area contributed by atoms with Crippen LogP contribution in [0.1, 0.15) is 24.2 Å². The summed E-state index contributed by atoms with van der Waals surface area (Å²) in [6, 6.07) is 10.8. The van der Waals surface area contributed by atoms with Crippen LogP contribution in [0.2, 0.25) is 0 Å². The number of carbonyl (C=O) groups excluding carboxylic acids is 1. The van der Waals surface area contributed by atoms with Crippen LogP contribution in [0.3, 0.4) is 0 Å². The minimum Gasteiger partial charge on any atom is -0.377 e. The molecule has 3 rings (SSSR count). The van der Waals surface area contributed by atoms with Gasteiger partial charge in [0, 0.05) is 17.8 Å². The molecule has 0 unspecified atom stereocenters. The summed E-state index contributed by atoms with van der Waals surface area (Å²) < 4.78 is 45.5. The smallest absolute Gasteiger partial charge is 0.261 e. The number of carbonyl (C=O) groups is 1. The first-order chi connectivity index (χ1) is 12.7. The number of amides is 1. The van der Waals surface area contributed by atoms with Crippen molar-refractivity contribution in [3.63, 3.8) is 0 Å². The third kappa shape index (κ3) is 4.28. The Morgan fingerprint density at radius 1 is 1.11 bits per heavy atom. The Kier molecular flexibility index (Phi) is 5.21. The van der Waals surface area contributed by atoms with Gasteiger partial charge in [0.05, 0.1) is 23.6 Å². The standard InChI is InChI=1S/C19H21FN2O4S/c1-19(2)13-26-12-11-22(19)18(23)14-3-7-16(8-4-14)21-27(24,25)17-9-5-15(20)6-10-17/h3-10,21H,11-13H2,1-2H3. The van der Waals surface area contributed by atoms with Gasteiger partial charge in [0.15, 0.2) is 0 Å². The van der Waals surface area contributed by atoms with Gasteiger partial charge in [0.1, 0.15) is 5.82 Å². The molecule has 6 nitrogen and oxygen atoms in total. The van der Waals surface area contributed by atoms with E-state index in [4.69, 9.17) is 4.74 Å². The molecular weight excluding hydrogens is 371 g/mol. The lowest BCUT2D eigenvalue weighted by atomic mass is 10.0. The van der Waals surface area contributed by atoms with E-state index in [1.807, 2.05) is 13.8 Å². The van der Waals surface area contributed by atoms with Crippen LogP contribution >= 0.6 is 0 Å². The number of nitrogens with one attached hydrogen (secondary N) is 1. The van der Waals surface area contributed by atoms with E-state index < -0.39 is 21.4 Å². The molecule has 1 fully saturated rings. The van der Waals surface area contributed by atoms with Gasteiger partial charge in [0.2, 0.25) is 0 Å². The first kappa shape index (κ1) is 19.3. The highest BCUT2D eigenvalue weighted by atomic mass is 32.2. The van der Waals surface area contributed by atoms with Gasteiger partial charge in [-0.15, -0.1) is 0 Å². The van der Waals surface area contributed by atoms with Crippen LogP contribution in [0.25, 0.3) is 0 Å². The largest absolute Gasteiger partial charge is 0.377 e. The number of benzene rings is 2. The molecule has 1 heterocycles. The number of ether oxygens (including phenoxy) is 1. The van der Waals surface area contributed by atoms with E-state index in [1.54, 1.807) is 17.0 Å². The molecule has 0 bridgehead atoms. The fourth-order valence-electron chi connectivity index (χ4n) is 2.90. The fraction of sp³-hybridized carbons (Fsp3) is 0.316. The highest BCUT2D eigenvalue weighted by Crippen LogP contribution is 2.23. The van der Waals surface area contributed by atoms with Gasteiger partial charge >= 0.3 is 0 Å². The highest BCUT2D eigenvalue weighted by Gasteiger charge is 2.34. The van der Waals surface area contributed by atoms with Crippen LogP contribution < -0.4 is 4.72 Å². The summed E-state index contributed by atoms with van der Waals surface area (Å²) >= 11 is 0. The molecule has 0 radical (unpaired) electrons. The van der Waals surface area contributed by atoms with Crippen molar-refractivity contribution in [1.29, 1.82) is 0 Å². The van der Waals surface area contributed by atoms with Crippen molar-refractivity contribution in [3.05, 3.63) is 59.9 Å². The van der Waals surface area contributed by atoms with E-state index in [-0.39, 0.29) is 10.8 Å². The summed E-state index contributed by atoms with van der Waals surface area (Å²) in [6.07, 6.45) is 0. The zero-order chi connectivity index (χ0) is 19.7. The molecule has 0 spiro atoms. The zero-order valence-electron chi connectivity index (χ0n) is 15.1. The van der Waals surface area contributed by atoms with E-state index in [0.29, 0.717) is 31.0 Å². The Hall–Kier alpha value is -2.45. The third-order valence-electron chi connectivity index (χ3n) is 4.40. The normalized spacial score (nSPS) is 16.8. The summed E-state index contributed by atoms with van der Waals surface area (Å²) in [6.45, 7) is 5.34. The van der Waals surface area contributed by atoms with Gasteiger partial charge in [-0.3, -0.25) is 9.52 Å². The van der Waals surface area contributed by atoms with Gasteiger partial charge in [0.25, 0.3) is 15.9 Å². The molecule has 8 heteroatoms. The monoisotopic (exact) mass is 392 g/mol. The number of hydrogen-bond donors (Lipinski definition) is 1. The average Bonchev–Trinajstić information content (AvgIpc) is 2.61. The molecule has 0 aromatic heterocycles. The molecule has 1 N–H and O–H groups in total. The lowest BCUT2D eigenvalue weighted by Crippen LogP contribution is -2.55. The Bertz CT molecular complexity index is 925. The second-order valence-corrected chi connectivity index (χ2v) is 8.64. The van der Waals surface area contributed by atoms with E-state index in [0.717, 1.165) is 12.1 Å². The zero-order valence-corrected chi connectivity index (χ0v) is 15.9. The molecule has 2 aromatic carbocycles. The van der Waals surface area contributed by atoms with Crippen molar-refractivity contribution in [3.8, 4) is 0 Å². The van der Waals surface area contributed by atoms with Crippen LogP contribution in [0.5, 0.6) is 0 Å². The Morgan fingerprint density at radius 2 is 1.74 bits per heavy atom. The highest BCUT2D eigenvalue weighted by molar-refractivity contribution is 7.92. The average molecular weight is 392 g/mol. The molecule has 27 heavy (non-hydrogen) atoms. The first-order valence-electron chi connectivity index (χ1n) is 8.47. The number of anilines is 1. The molecule has 1 saturated heterocycles. The van der Waals surface area contributed by atoms with E-state index >= 15 is 0 Å². The molecule has 0 atom stereocenters. The Balaban J connectivity index is 1.75. The predicted octanol–water partition coefficient (Wildman–Crippen LogP) is 2.88. The molecule has 0 aliphatic carbocycles. The summed E-state index contributed by atoms with van der Waals surface area (Å²) in [5.41, 5.74) is 0.380. The number of halogens is 1. The van der Waals surface area contributed by atoms with Crippen molar-refractivity contribution in [2.45, 2.75) is 24.3 Å². The van der Waals surface area contributed by atoms with Crippen LogP contribution in [0, 0.1) is 5.82 Å². The van der Waals surface area contributed by atoms with Crippen LogP contribution in [0.4, 0.5) is 10.1 Å². The summed E-state index contributed by atoms with van der Waals surface area (Å²) in [7, 11) is -3.83. The van der Waals surface area contributed by atoms with Crippen LogP contribution in [-0.4, -0.2) is 44.5 Å². The second-order valence-electron chi connectivity index (χ2n) is 6.96. The van der Waals surface area contributed by atoms with Gasteiger partial charge < -0.3 is 9.64 Å². The molecule has 1 aliphatic heterocycles. The molecule has 2 aromatic rings. The SMILES string of the molecule is CC1(C)COCCN1C(=O)c1ccc(NS(=O)(=O)c2ccc(F)cc2)cc1. The van der Waals surface area contributed by atoms with Gasteiger partial charge in [-0.2, -0.15) is 0 Å². The molecule has 144 valence electrons. The predicted molar refractivity (Wildman–Crippen MR) is 99.6 cm³/mol. The minimum absolute atomic E-state index is 0.0425. The lowest BCUT2D eigenvalue weighted by Gasteiger charge is -2.42. The molecule has 1 amide bonds. The van der Waals surface area contributed by atoms with E-state index in [2.05, 4.69) is 4.72 Å². The lowest BCUT2D eigenvalue weighted by molar-refractivity contribution is -0.0370. The summed E-state index contributed by atoms with van der Waals surface area (Å²) in [5, 5.41) is 0. The van der Waals surface area contributed by atoms with Crippen molar-refractivity contribution in [2.24, 2.45) is 0 Å². The molecular formula is C19H21FN2O4S. The van der Waals surface area contributed by atoms with Crippen molar-refractivity contribution >= 4 is 21.6 Å². The van der Waals surface area contributed by atoms with Crippen molar-refractivity contribution < 1.29 is 22.3 Å². The van der Waals surface area contributed by atoms with E-state index in [9.17, 15) is 17.6 Å². The number of rotatable bonds is 4. The number of nitrogens with zero attached hydrogens (tertiary/aromatic N) is 1. The molecule has 0 saturated carbocycles.